The van der Waals surface area contributed by atoms with Crippen LogP contribution in [0.1, 0.15) is 25.7 Å². The summed E-state index contributed by atoms with van der Waals surface area (Å²) in [6, 6.07) is 0. The van der Waals surface area contributed by atoms with Crippen LogP contribution in [0.3, 0.4) is 0 Å². The van der Waals surface area contributed by atoms with E-state index in [2.05, 4.69) is 4.90 Å². The molecule has 1 heterocycles. The minimum Gasteiger partial charge on any atom is -0.353 e. The fraction of sp³-hybridized carbons (Fsp3) is 1.00. The Hall–Kier alpha value is -0.160. The molecule has 1 aliphatic heterocycles. The summed E-state index contributed by atoms with van der Waals surface area (Å²) in [4.78, 5) is 2.54. The van der Waals surface area contributed by atoms with Crippen LogP contribution in [0.5, 0.6) is 0 Å². The number of likely N-dealkylation sites (tertiary alicyclic amines) is 1. The molecule has 0 amide bonds. The first-order chi connectivity index (χ1) is 8.26. The summed E-state index contributed by atoms with van der Waals surface area (Å²) in [5.74, 6) is 0.711. The lowest BCUT2D eigenvalue weighted by atomic mass is 9.72. The maximum Gasteiger partial charge on any atom is 0.175 e. The first-order valence-electron chi connectivity index (χ1n) is 6.79. The standard InChI is InChI=1S/C13H26N2O2/c1-16-13(17-2)11-5-3-6-12(13)10-15(9-11)8-4-7-14/h11-12H,3-10,14H2,1-2H3/t11-,12-/m1/s1. The van der Waals surface area contributed by atoms with E-state index in [-0.39, 0.29) is 5.79 Å². The number of rotatable bonds is 5. The van der Waals surface area contributed by atoms with Crippen LogP contribution in [-0.4, -0.2) is 51.1 Å². The average molecular weight is 242 g/mol. The molecule has 2 N–H and O–H groups in total. The molecule has 100 valence electrons. The van der Waals surface area contributed by atoms with Gasteiger partial charge in [0.1, 0.15) is 0 Å². The lowest BCUT2D eigenvalue weighted by molar-refractivity contribution is -0.302. The zero-order chi connectivity index (χ0) is 12.3. The second-order valence-corrected chi connectivity index (χ2v) is 5.36. The predicted molar refractivity (Wildman–Crippen MR) is 67.7 cm³/mol. The van der Waals surface area contributed by atoms with Gasteiger partial charge in [0.25, 0.3) is 0 Å². The van der Waals surface area contributed by atoms with Crippen LogP contribution in [0.15, 0.2) is 0 Å². The third kappa shape index (κ3) is 2.36. The molecule has 17 heavy (non-hydrogen) atoms. The van der Waals surface area contributed by atoms with Gasteiger partial charge >= 0.3 is 0 Å². The number of nitrogens with two attached hydrogens (primary N) is 1. The molecule has 0 aromatic heterocycles. The quantitative estimate of drug-likeness (QED) is 0.732. The number of hydrogen-bond donors (Lipinski definition) is 1. The minimum absolute atomic E-state index is 0.322. The zero-order valence-electron chi connectivity index (χ0n) is 11.2. The van der Waals surface area contributed by atoms with Gasteiger partial charge < -0.3 is 20.1 Å². The van der Waals surface area contributed by atoms with E-state index in [9.17, 15) is 0 Å². The SMILES string of the molecule is COC1(OC)[C@@H]2CCC[C@@H]1CN(CCCN)C2. The fourth-order valence-corrected chi connectivity index (χ4v) is 3.73. The predicted octanol–water partition coefficient (Wildman–Crippen LogP) is 1.06. The van der Waals surface area contributed by atoms with Crippen molar-refractivity contribution in [3.63, 3.8) is 0 Å². The third-order valence-corrected chi connectivity index (χ3v) is 4.52. The van der Waals surface area contributed by atoms with Crippen LogP contribution < -0.4 is 5.73 Å². The summed E-state index contributed by atoms with van der Waals surface area (Å²) in [5.41, 5.74) is 5.59. The Kier molecular flexibility index (Phi) is 4.42. The number of piperidine rings is 1. The largest absolute Gasteiger partial charge is 0.353 e. The molecule has 2 aliphatic rings. The van der Waals surface area contributed by atoms with Gasteiger partial charge in [0, 0.05) is 39.1 Å². The van der Waals surface area contributed by atoms with E-state index in [0.717, 1.165) is 32.6 Å². The molecule has 0 spiro atoms. The summed E-state index contributed by atoms with van der Waals surface area (Å²) < 4.78 is 11.5. The van der Waals surface area contributed by atoms with E-state index in [1.807, 2.05) is 0 Å². The number of fused-ring (bicyclic) bond motifs is 2. The van der Waals surface area contributed by atoms with Crippen LogP contribution >= 0.6 is 0 Å². The molecule has 2 atom stereocenters. The molecular weight excluding hydrogens is 216 g/mol. The Morgan fingerprint density at radius 2 is 1.76 bits per heavy atom. The first kappa shape index (κ1) is 13.3. The van der Waals surface area contributed by atoms with Crippen molar-refractivity contribution in [2.24, 2.45) is 17.6 Å². The van der Waals surface area contributed by atoms with Crippen LogP contribution in [0.4, 0.5) is 0 Å². The minimum atomic E-state index is -0.322. The Morgan fingerprint density at radius 1 is 1.18 bits per heavy atom. The van der Waals surface area contributed by atoms with Crippen molar-refractivity contribution in [1.82, 2.24) is 4.90 Å². The molecule has 4 nitrogen and oxygen atoms in total. The summed E-state index contributed by atoms with van der Waals surface area (Å²) in [5, 5.41) is 0. The Balaban J connectivity index is 2.05. The van der Waals surface area contributed by atoms with Crippen LogP contribution in [-0.2, 0) is 9.47 Å². The number of ether oxygens (including phenoxy) is 2. The van der Waals surface area contributed by atoms with Gasteiger partial charge in [-0.15, -0.1) is 0 Å². The van der Waals surface area contributed by atoms with Crippen molar-refractivity contribution >= 4 is 0 Å². The molecule has 1 saturated carbocycles. The van der Waals surface area contributed by atoms with Crippen molar-refractivity contribution in [3.8, 4) is 0 Å². The second kappa shape index (κ2) is 5.65. The van der Waals surface area contributed by atoms with Crippen molar-refractivity contribution in [2.45, 2.75) is 31.5 Å². The maximum atomic E-state index is 5.77. The van der Waals surface area contributed by atoms with Gasteiger partial charge in [-0.25, -0.2) is 0 Å². The molecule has 0 aromatic carbocycles. The van der Waals surface area contributed by atoms with Crippen molar-refractivity contribution in [3.05, 3.63) is 0 Å². The van der Waals surface area contributed by atoms with Crippen LogP contribution in [0, 0.1) is 11.8 Å². The van der Waals surface area contributed by atoms with E-state index < -0.39 is 0 Å². The number of nitrogens with zero attached hydrogens (tertiary/aromatic N) is 1. The van der Waals surface area contributed by atoms with E-state index in [1.165, 1.54) is 19.3 Å². The van der Waals surface area contributed by atoms with E-state index >= 15 is 0 Å². The summed E-state index contributed by atoms with van der Waals surface area (Å²) in [6.45, 7) is 4.09. The topological polar surface area (TPSA) is 47.7 Å². The molecular formula is C13H26N2O2. The van der Waals surface area contributed by atoms with E-state index in [4.69, 9.17) is 15.2 Å². The summed E-state index contributed by atoms with van der Waals surface area (Å²) >= 11 is 0. The van der Waals surface area contributed by atoms with Crippen molar-refractivity contribution < 1.29 is 9.47 Å². The molecule has 2 fully saturated rings. The highest BCUT2D eigenvalue weighted by atomic mass is 16.7. The zero-order valence-corrected chi connectivity index (χ0v) is 11.2. The molecule has 1 saturated heterocycles. The normalized spacial score (nSPS) is 32.6. The van der Waals surface area contributed by atoms with Crippen LogP contribution in [0.2, 0.25) is 0 Å². The first-order valence-corrected chi connectivity index (χ1v) is 6.79. The maximum absolute atomic E-state index is 5.77. The van der Waals surface area contributed by atoms with Gasteiger partial charge in [0.2, 0.25) is 0 Å². The molecule has 0 unspecified atom stereocenters. The average Bonchev–Trinajstić information content (AvgIpc) is 2.35. The Morgan fingerprint density at radius 3 is 2.24 bits per heavy atom. The Bertz CT molecular complexity index is 228. The molecule has 2 rings (SSSR count). The van der Waals surface area contributed by atoms with Gasteiger partial charge in [-0.2, -0.15) is 0 Å². The molecule has 4 heteroatoms. The monoisotopic (exact) mass is 242 g/mol. The van der Waals surface area contributed by atoms with Gasteiger partial charge in [-0.05, 0) is 32.4 Å². The highest BCUT2D eigenvalue weighted by Crippen LogP contribution is 2.45. The van der Waals surface area contributed by atoms with Gasteiger partial charge in [-0.3, -0.25) is 0 Å². The van der Waals surface area contributed by atoms with Crippen LogP contribution in [0.25, 0.3) is 0 Å². The molecule has 2 bridgehead atoms. The van der Waals surface area contributed by atoms with E-state index in [1.54, 1.807) is 14.2 Å². The smallest absolute Gasteiger partial charge is 0.175 e. The van der Waals surface area contributed by atoms with Gasteiger partial charge in [0.15, 0.2) is 5.79 Å². The summed E-state index contributed by atoms with van der Waals surface area (Å²) in [6.07, 6.45) is 4.84. The lowest BCUT2D eigenvalue weighted by Crippen LogP contribution is -2.62. The number of methoxy groups -OCH3 is 2. The van der Waals surface area contributed by atoms with Gasteiger partial charge in [0.05, 0.1) is 0 Å². The van der Waals surface area contributed by atoms with Crippen molar-refractivity contribution in [1.29, 1.82) is 0 Å². The van der Waals surface area contributed by atoms with Crippen molar-refractivity contribution in [2.75, 3.05) is 40.4 Å². The third-order valence-electron chi connectivity index (χ3n) is 4.52. The fourth-order valence-electron chi connectivity index (χ4n) is 3.73. The van der Waals surface area contributed by atoms with Gasteiger partial charge in [-0.1, -0.05) is 6.42 Å². The highest BCUT2D eigenvalue weighted by molar-refractivity contribution is 4.97. The second-order valence-electron chi connectivity index (χ2n) is 5.36. The molecule has 0 aromatic rings. The summed E-state index contributed by atoms with van der Waals surface area (Å²) in [7, 11) is 3.59. The number of hydrogen-bond acceptors (Lipinski definition) is 4. The van der Waals surface area contributed by atoms with E-state index in [0.29, 0.717) is 11.8 Å². The molecule has 0 radical (unpaired) electrons. The molecule has 1 aliphatic carbocycles. The Labute approximate surface area is 104 Å². The highest BCUT2D eigenvalue weighted by Gasteiger charge is 2.52. The lowest BCUT2D eigenvalue weighted by Gasteiger charge is -2.53.